The molecule has 3 aromatic rings. The molecule has 34 heavy (non-hydrogen) atoms. The van der Waals surface area contributed by atoms with Crippen LogP contribution >= 0.6 is 0 Å². The first-order chi connectivity index (χ1) is 15.9. The summed E-state index contributed by atoms with van der Waals surface area (Å²) in [7, 11) is -4.48. The van der Waals surface area contributed by atoms with Crippen molar-refractivity contribution < 1.29 is 35.5 Å². The number of ether oxygens (including phenoxy) is 1. The molecule has 0 bridgehead atoms. The number of benzene rings is 2. The number of hydrogen-bond acceptors (Lipinski definition) is 6. The number of nitrogens with one attached hydrogen (secondary N) is 2. The third kappa shape index (κ3) is 5.94. The highest BCUT2D eigenvalue weighted by molar-refractivity contribution is 7.89. The van der Waals surface area contributed by atoms with Crippen molar-refractivity contribution in [2.75, 3.05) is 0 Å². The average Bonchev–Trinajstić information content (AvgIpc) is 2.77. The van der Waals surface area contributed by atoms with Crippen LogP contribution in [0.1, 0.15) is 31.4 Å². The van der Waals surface area contributed by atoms with Crippen LogP contribution in [-0.2, 0) is 27.4 Å². The van der Waals surface area contributed by atoms with Gasteiger partial charge in [-0.2, -0.15) is 13.2 Å². The quantitative estimate of drug-likeness (QED) is 0.363. The van der Waals surface area contributed by atoms with Crippen molar-refractivity contribution >= 4 is 26.9 Å². The fourth-order valence-electron chi connectivity index (χ4n) is 3.13. The van der Waals surface area contributed by atoms with Gasteiger partial charge in [-0.1, -0.05) is 19.4 Å². The Morgan fingerprint density at radius 1 is 1.15 bits per heavy atom. The van der Waals surface area contributed by atoms with Gasteiger partial charge >= 0.3 is 11.8 Å². The molecule has 182 valence electrons. The molecule has 2 N–H and O–H groups in total. The summed E-state index contributed by atoms with van der Waals surface area (Å²) in [5.74, 6) is -0.718. The van der Waals surface area contributed by atoms with Gasteiger partial charge in [0.25, 0.3) is 15.9 Å². The number of amides is 1. The Labute approximate surface area is 192 Å². The number of halogens is 3. The van der Waals surface area contributed by atoms with Crippen molar-refractivity contribution in [1.29, 1.82) is 0 Å². The Morgan fingerprint density at radius 3 is 2.56 bits per heavy atom. The van der Waals surface area contributed by atoms with Gasteiger partial charge in [0.05, 0.1) is 10.5 Å². The molecule has 0 spiro atoms. The normalized spacial score (nSPS) is 13.0. The zero-order valence-corrected chi connectivity index (χ0v) is 18.9. The Bertz CT molecular complexity index is 1370. The van der Waals surface area contributed by atoms with E-state index in [9.17, 15) is 31.2 Å². The van der Waals surface area contributed by atoms with E-state index in [1.54, 1.807) is 17.0 Å². The third-order valence-electron chi connectivity index (χ3n) is 4.78. The molecule has 1 atom stereocenters. The van der Waals surface area contributed by atoms with E-state index in [1.165, 1.54) is 19.1 Å². The van der Waals surface area contributed by atoms with Crippen LogP contribution in [-0.4, -0.2) is 20.4 Å². The van der Waals surface area contributed by atoms with E-state index >= 15 is 0 Å². The summed E-state index contributed by atoms with van der Waals surface area (Å²) in [6.45, 7) is 3.31. The van der Waals surface area contributed by atoms with E-state index in [0.29, 0.717) is 12.5 Å². The van der Waals surface area contributed by atoms with Gasteiger partial charge in [-0.25, -0.2) is 13.2 Å². The van der Waals surface area contributed by atoms with Gasteiger partial charge in [0, 0.05) is 17.5 Å². The summed E-state index contributed by atoms with van der Waals surface area (Å²) in [6.07, 6.45) is -4.43. The lowest BCUT2D eigenvalue weighted by Crippen LogP contribution is -2.47. The fraction of sp³-hybridized carbons (Fsp3) is 0.273. The number of aryl methyl sites for hydroxylation is 1. The van der Waals surface area contributed by atoms with Crippen LogP contribution in [0.5, 0.6) is 5.75 Å². The van der Waals surface area contributed by atoms with Crippen LogP contribution in [0.25, 0.3) is 11.0 Å². The van der Waals surface area contributed by atoms with Crippen LogP contribution in [0.15, 0.2) is 62.6 Å². The highest BCUT2D eigenvalue weighted by atomic mass is 32.2. The van der Waals surface area contributed by atoms with Gasteiger partial charge < -0.3 is 9.15 Å². The molecule has 8 nitrogen and oxygen atoms in total. The molecule has 3 rings (SSSR count). The number of carbonyl (C=O) groups is 1. The first kappa shape index (κ1) is 25.2. The largest absolute Gasteiger partial charge is 0.481 e. The van der Waals surface area contributed by atoms with Gasteiger partial charge in [0.15, 0.2) is 6.10 Å². The van der Waals surface area contributed by atoms with Gasteiger partial charge in [0.1, 0.15) is 11.3 Å². The van der Waals surface area contributed by atoms with Gasteiger partial charge in [-0.05, 0) is 49.2 Å². The maximum Gasteiger partial charge on any atom is 0.416 e. The molecule has 0 unspecified atom stereocenters. The molecule has 0 fully saturated rings. The van der Waals surface area contributed by atoms with Crippen LogP contribution in [0.2, 0.25) is 0 Å². The Hall–Kier alpha value is -3.38. The summed E-state index contributed by atoms with van der Waals surface area (Å²) in [6, 6.07) is 9.17. The topological polar surface area (TPSA) is 115 Å². The molecule has 0 saturated carbocycles. The lowest BCUT2D eigenvalue weighted by atomic mass is 10.1. The first-order valence-corrected chi connectivity index (χ1v) is 11.6. The molecular weight excluding hydrogens is 477 g/mol. The van der Waals surface area contributed by atoms with Crippen LogP contribution in [0, 0.1) is 0 Å². The van der Waals surface area contributed by atoms with Crippen molar-refractivity contribution in [2.45, 2.75) is 43.9 Å². The minimum atomic E-state index is -4.73. The number of sulfonamides is 1. The predicted molar refractivity (Wildman–Crippen MR) is 116 cm³/mol. The zero-order chi connectivity index (χ0) is 25.1. The molecule has 12 heteroatoms. The Morgan fingerprint density at radius 2 is 1.88 bits per heavy atom. The molecule has 0 aliphatic rings. The van der Waals surface area contributed by atoms with E-state index in [2.05, 4.69) is 0 Å². The van der Waals surface area contributed by atoms with E-state index in [1.807, 2.05) is 12.3 Å². The Kier molecular flexibility index (Phi) is 7.32. The van der Waals surface area contributed by atoms with Gasteiger partial charge in [-0.15, -0.1) is 4.83 Å². The van der Waals surface area contributed by atoms with Crippen LogP contribution < -0.4 is 20.6 Å². The summed E-state index contributed by atoms with van der Waals surface area (Å²) in [4.78, 5) is 25.2. The number of hydrazine groups is 1. The van der Waals surface area contributed by atoms with Crippen molar-refractivity contribution in [3.8, 4) is 5.75 Å². The molecule has 1 amide bonds. The van der Waals surface area contributed by atoms with Crippen molar-refractivity contribution in [1.82, 2.24) is 10.3 Å². The van der Waals surface area contributed by atoms with Crippen LogP contribution in [0.3, 0.4) is 0 Å². The molecule has 0 aliphatic carbocycles. The minimum Gasteiger partial charge on any atom is -0.481 e. The van der Waals surface area contributed by atoms with Crippen LogP contribution in [0.4, 0.5) is 13.2 Å². The molecule has 1 aromatic heterocycles. The fourth-order valence-corrected chi connectivity index (χ4v) is 4.03. The number of rotatable bonds is 8. The average molecular weight is 498 g/mol. The highest BCUT2D eigenvalue weighted by Gasteiger charge is 2.31. The first-order valence-electron chi connectivity index (χ1n) is 10.1. The van der Waals surface area contributed by atoms with Gasteiger partial charge in [0.2, 0.25) is 0 Å². The second-order valence-electron chi connectivity index (χ2n) is 7.38. The molecular formula is C22H21F3N2O6S. The smallest absolute Gasteiger partial charge is 0.416 e. The SMILES string of the molecule is CCCc1cc(=O)oc2cc(O[C@@H](C)C(=O)NNS(=O)(=O)c3cccc(C(F)(F)F)c3)ccc12. The molecule has 0 radical (unpaired) electrons. The second kappa shape index (κ2) is 9.85. The number of alkyl halides is 3. The highest BCUT2D eigenvalue weighted by Crippen LogP contribution is 2.30. The van der Waals surface area contributed by atoms with Crippen molar-refractivity contribution in [3.63, 3.8) is 0 Å². The number of fused-ring (bicyclic) bond motifs is 1. The third-order valence-corrected chi connectivity index (χ3v) is 6.03. The van der Waals surface area contributed by atoms with E-state index < -0.39 is 44.3 Å². The predicted octanol–water partition coefficient (Wildman–Crippen LogP) is 3.54. The summed E-state index contributed by atoms with van der Waals surface area (Å²) in [5, 5.41) is 0.722. The van der Waals surface area contributed by atoms with E-state index in [4.69, 9.17) is 9.15 Å². The number of carbonyl (C=O) groups excluding carboxylic acids is 1. The van der Waals surface area contributed by atoms with Crippen molar-refractivity contribution in [2.24, 2.45) is 0 Å². The summed E-state index contributed by atoms with van der Waals surface area (Å²) < 4.78 is 73.8. The molecule has 2 aromatic carbocycles. The standard InChI is InChI=1S/C22H21F3N2O6S/c1-3-5-14-10-20(28)33-19-12-16(8-9-18(14)19)32-13(2)21(29)26-27-34(30,31)17-7-4-6-15(11-17)22(23,24)25/h4,6-13,27H,3,5H2,1-2H3,(H,26,29)/t13-/m0/s1. The van der Waals surface area contributed by atoms with E-state index in [-0.39, 0.29) is 11.3 Å². The lowest BCUT2D eigenvalue weighted by Gasteiger charge is -2.16. The maximum absolute atomic E-state index is 12.8. The lowest BCUT2D eigenvalue weighted by molar-refractivity contribution is -0.137. The monoisotopic (exact) mass is 498 g/mol. The molecule has 0 saturated heterocycles. The summed E-state index contributed by atoms with van der Waals surface area (Å²) in [5.41, 5.74) is 1.33. The maximum atomic E-state index is 12.8. The Balaban J connectivity index is 1.69. The zero-order valence-electron chi connectivity index (χ0n) is 18.1. The molecule has 0 aliphatic heterocycles. The summed E-state index contributed by atoms with van der Waals surface area (Å²) >= 11 is 0. The second-order valence-corrected chi connectivity index (χ2v) is 9.06. The molecule has 1 heterocycles. The van der Waals surface area contributed by atoms with E-state index in [0.717, 1.165) is 35.6 Å². The van der Waals surface area contributed by atoms with Gasteiger partial charge in [-0.3, -0.25) is 10.2 Å². The van der Waals surface area contributed by atoms with Crippen molar-refractivity contribution in [3.05, 3.63) is 70.1 Å². The number of hydrogen-bond donors (Lipinski definition) is 2. The minimum absolute atomic E-state index is 0.188.